The smallest absolute Gasteiger partial charge is 0.321 e. The molecular weight excluding hydrogens is 386 g/mol. The first-order valence-electron chi connectivity index (χ1n) is 9.94. The van der Waals surface area contributed by atoms with Crippen molar-refractivity contribution < 1.29 is 9.59 Å². The minimum Gasteiger partial charge on any atom is -0.351 e. The third kappa shape index (κ3) is 4.91. The highest BCUT2D eigenvalue weighted by atomic mass is 35.5. The van der Waals surface area contributed by atoms with E-state index in [1.807, 2.05) is 57.2 Å². The lowest BCUT2D eigenvalue weighted by Gasteiger charge is -2.39. The Morgan fingerprint density at radius 2 is 1.90 bits per heavy atom. The van der Waals surface area contributed by atoms with E-state index in [1.54, 1.807) is 11.0 Å². The number of hydrogen-bond donors (Lipinski definition) is 2. The molecule has 0 radical (unpaired) electrons. The van der Waals surface area contributed by atoms with Gasteiger partial charge in [-0.1, -0.05) is 41.9 Å². The van der Waals surface area contributed by atoms with Crippen LogP contribution in [-0.4, -0.2) is 29.9 Å². The van der Waals surface area contributed by atoms with E-state index in [0.717, 1.165) is 29.5 Å². The molecule has 1 heterocycles. The molecule has 29 heavy (non-hydrogen) atoms. The second kappa shape index (κ2) is 8.87. The second-order valence-electron chi connectivity index (χ2n) is 8.04. The van der Waals surface area contributed by atoms with Crippen LogP contribution >= 0.6 is 11.6 Å². The number of nitrogens with one attached hydrogen (secondary N) is 2. The molecule has 3 rings (SSSR count). The van der Waals surface area contributed by atoms with E-state index < -0.39 is 5.41 Å². The van der Waals surface area contributed by atoms with E-state index in [2.05, 4.69) is 10.6 Å². The molecule has 6 heteroatoms. The molecule has 2 N–H and O–H groups in total. The number of carbonyl (C=O) groups is 2. The lowest BCUT2D eigenvalue weighted by molar-refractivity contribution is -0.132. The zero-order chi connectivity index (χ0) is 21.0. The fourth-order valence-electron chi connectivity index (χ4n) is 3.73. The van der Waals surface area contributed by atoms with Crippen molar-refractivity contribution in [3.63, 3.8) is 0 Å². The Kier molecular flexibility index (Phi) is 6.48. The highest BCUT2D eigenvalue weighted by Crippen LogP contribution is 2.31. The number of anilines is 1. The molecule has 3 amide bonds. The molecule has 5 nitrogen and oxygen atoms in total. The van der Waals surface area contributed by atoms with Crippen LogP contribution in [-0.2, 0) is 11.3 Å². The Labute approximate surface area is 177 Å². The Hall–Kier alpha value is -2.53. The molecule has 0 aromatic heterocycles. The number of carbonyl (C=O) groups excluding carboxylic acids is 2. The molecule has 2 aromatic carbocycles. The van der Waals surface area contributed by atoms with Gasteiger partial charge in [-0.05, 0) is 62.4 Å². The lowest BCUT2D eigenvalue weighted by Crippen LogP contribution is -2.52. The van der Waals surface area contributed by atoms with Gasteiger partial charge in [0, 0.05) is 30.3 Å². The summed E-state index contributed by atoms with van der Waals surface area (Å²) in [7, 11) is 0. The number of aryl methyl sites for hydroxylation is 1. The van der Waals surface area contributed by atoms with Crippen LogP contribution in [0.1, 0.15) is 36.5 Å². The van der Waals surface area contributed by atoms with E-state index in [0.29, 0.717) is 30.3 Å². The van der Waals surface area contributed by atoms with Crippen LogP contribution in [0.25, 0.3) is 0 Å². The van der Waals surface area contributed by atoms with Gasteiger partial charge in [0.25, 0.3) is 0 Å². The minimum atomic E-state index is -0.609. The van der Waals surface area contributed by atoms with E-state index in [1.165, 1.54) is 0 Å². The average Bonchev–Trinajstić information content (AvgIpc) is 2.70. The zero-order valence-corrected chi connectivity index (χ0v) is 18.0. The van der Waals surface area contributed by atoms with E-state index >= 15 is 0 Å². The van der Waals surface area contributed by atoms with Crippen molar-refractivity contribution in [2.24, 2.45) is 5.41 Å². The van der Waals surface area contributed by atoms with Gasteiger partial charge in [0.2, 0.25) is 5.91 Å². The average molecular weight is 414 g/mol. The van der Waals surface area contributed by atoms with Crippen molar-refractivity contribution in [3.8, 4) is 0 Å². The molecule has 1 aliphatic rings. The third-order valence-electron chi connectivity index (χ3n) is 5.74. The van der Waals surface area contributed by atoms with Gasteiger partial charge in [-0.3, -0.25) is 4.79 Å². The summed E-state index contributed by atoms with van der Waals surface area (Å²) in [4.78, 5) is 27.5. The molecule has 0 aliphatic carbocycles. The molecule has 0 spiro atoms. The molecule has 2 aromatic rings. The number of nitrogens with zero attached hydrogens (tertiary/aromatic N) is 1. The maximum atomic E-state index is 12.9. The van der Waals surface area contributed by atoms with Gasteiger partial charge in [0.1, 0.15) is 0 Å². The summed E-state index contributed by atoms with van der Waals surface area (Å²) in [6.45, 7) is 7.36. The molecule has 154 valence electrons. The normalized spacial score (nSPS) is 19.0. The van der Waals surface area contributed by atoms with Gasteiger partial charge in [-0.15, -0.1) is 0 Å². The number of hydrogen-bond acceptors (Lipinski definition) is 2. The predicted octanol–water partition coefficient (Wildman–Crippen LogP) is 4.91. The van der Waals surface area contributed by atoms with Crippen molar-refractivity contribution in [2.45, 2.75) is 40.2 Å². The summed E-state index contributed by atoms with van der Waals surface area (Å²) < 4.78 is 0. The molecule has 1 atom stereocenters. The third-order valence-corrected chi connectivity index (χ3v) is 6.15. The van der Waals surface area contributed by atoms with Crippen LogP contribution in [0.4, 0.5) is 10.5 Å². The second-order valence-corrected chi connectivity index (χ2v) is 8.44. The van der Waals surface area contributed by atoms with Gasteiger partial charge >= 0.3 is 6.03 Å². The molecule has 1 unspecified atom stereocenters. The molecule has 1 fully saturated rings. The van der Waals surface area contributed by atoms with Crippen molar-refractivity contribution in [2.75, 3.05) is 18.4 Å². The number of piperidine rings is 1. The highest BCUT2D eigenvalue weighted by Gasteiger charge is 2.39. The maximum Gasteiger partial charge on any atom is 0.321 e. The van der Waals surface area contributed by atoms with Gasteiger partial charge in [-0.2, -0.15) is 0 Å². The standard InChI is InChI=1S/C23H28ClN3O2/c1-16-8-4-5-9-18(16)14-25-21(28)23(3)12-7-13-27(15-23)22(29)26-20-11-6-10-19(24)17(20)2/h4-6,8-11H,7,12-15H2,1-3H3,(H,25,28)(H,26,29). The number of amides is 3. The monoisotopic (exact) mass is 413 g/mol. The molecular formula is C23H28ClN3O2. The van der Waals surface area contributed by atoms with Gasteiger partial charge < -0.3 is 15.5 Å². The van der Waals surface area contributed by atoms with Crippen molar-refractivity contribution in [1.82, 2.24) is 10.2 Å². The Bertz CT molecular complexity index is 915. The summed E-state index contributed by atoms with van der Waals surface area (Å²) in [5.41, 5.74) is 3.17. The number of likely N-dealkylation sites (tertiary alicyclic amines) is 1. The van der Waals surface area contributed by atoms with Crippen LogP contribution in [0.2, 0.25) is 5.02 Å². The summed E-state index contributed by atoms with van der Waals surface area (Å²) in [6, 6.07) is 13.2. The topological polar surface area (TPSA) is 61.4 Å². The predicted molar refractivity (Wildman–Crippen MR) is 117 cm³/mol. The minimum absolute atomic E-state index is 0.0165. The van der Waals surface area contributed by atoms with Crippen LogP contribution in [0.15, 0.2) is 42.5 Å². The van der Waals surface area contributed by atoms with Crippen LogP contribution in [0, 0.1) is 19.3 Å². The van der Waals surface area contributed by atoms with Gasteiger partial charge in [-0.25, -0.2) is 4.79 Å². The first-order valence-corrected chi connectivity index (χ1v) is 10.3. The maximum absolute atomic E-state index is 12.9. The van der Waals surface area contributed by atoms with Gasteiger partial charge in [0.05, 0.1) is 5.41 Å². The largest absolute Gasteiger partial charge is 0.351 e. The summed E-state index contributed by atoms with van der Waals surface area (Å²) in [5, 5.41) is 6.61. The van der Waals surface area contributed by atoms with Crippen molar-refractivity contribution in [3.05, 3.63) is 64.2 Å². The molecule has 0 saturated carbocycles. The summed E-state index contributed by atoms with van der Waals surface area (Å²) in [6.07, 6.45) is 1.54. The van der Waals surface area contributed by atoms with Crippen LogP contribution in [0.3, 0.4) is 0 Å². The fraction of sp³-hybridized carbons (Fsp3) is 0.391. The molecule has 1 aliphatic heterocycles. The quantitative estimate of drug-likeness (QED) is 0.748. The SMILES string of the molecule is Cc1ccccc1CNC(=O)C1(C)CCCN(C(=O)Nc2cccc(Cl)c2C)C1. The first kappa shape index (κ1) is 21.2. The summed E-state index contributed by atoms with van der Waals surface area (Å²) in [5.74, 6) is -0.0165. The lowest BCUT2D eigenvalue weighted by atomic mass is 9.81. The first-order chi connectivity index (χ1) is 13.8. The molecule has 0 bridgehead atoms. The van der Waals surface area contributed by atoms with E-state index in [-0.39, 0.29) is 11.9 Å². The Morgan fingerprint density at radius 1 is 1.14 bits per heavy atom. The Morgan fingerprint density at radius 3 is 2.66 bits per heavy atom. The van der Waals surface area contributed by atoms with Crippen molar-refractivity contribution >= 4 is 29.2 Å². The van der Waals surface area contributed by atoms with Gasteiger partial charge in [0.15, 0.2) is 0 Å². The highest BCUT2D eigenvalue weighted by molar-refractivity contribution is 6.31. The molecule has 1 saturated heterocycles. The van der Waals surface area contributed by atoms with Crippen LogP contribution < -0.4 is 10.6 Å². The van der Waals surface area contributed by atoms with Crippen LogP contribution in [0.5, 0.6) is 0 Å². The number of rotatable bonds is 4. The number of urea groups is 1. The van der Waals surface area contributed by atoms with Crippen molar-refractivity contribution in [1.29, 1.82) is 0 Å². The van der Waals surface area contributed by atoms with E-state index in [9.17, 15) is 9.59 Å². The fourth-order valence-corrected chi connectivity index (χ4v) is 3.91. The number of halogens is 1. The Balaban J connectivity index is 1.63. The van der Waals surface area contributed by atoms with E-state index in [4.69, 9.17) is 11.6 Å². The zero-order valence-electron chi connectivity index (χ0n) is 17.2. The number of benzene rings is 2. The summed E-state index contributed by atoms with van der Waals surface area (Å²) >= 11 is 6.15.